The van der Waals surface area contributed by atoms with Gasteiger partial charge >= 0.3 is 0 Å². The maximum absolute atomic E-state index is 10.8. The standard InChI is InChI=1S/C8H6N2O.BrH/c11-8-5-9-6-3-1-2-4-7(6)10-8;/h1-5H,(H,10,11);1H. The Morgan fingerprint density at radius 2 is 2.00 bits per heavy atom. The number of halogens is 1. The van der Waals surface area contributed by atoms with Crippen molar-refractivity contribution in [3.63, 3.8) is 0 Å². The molecule has 0 bridgehead atoms. The monoisotopic (exact) mass is 226 g/mol. The minimum absolute atomic E-state index is 0. The minimum Gasteiger partial charge on any atom is -0.319 e. The van der Waals surface area contributed by atoms with Gasteiger partial charge in [0.05, 0.1) is 17.2 Å². The maximum atomic E-state index is 10.8. The lowest BCUT2D eigenvalue weighted by atomic mass is 10.3. The van der Waals surface area contributed by atoms with Crippen molar-refractivity contribution >= 4 is 28.0 Å². The molecule has 1 N–H and O–H groups in total. The van der Waals surface area contributed by atoms with Crippen molar-refractivity contribution in [2.45, 2.75) is 0 Å². The van der Waals surface area contributed by atoms with Crippen molar-refractivity contribution < 1.29 is 0 Å². The number of H-pyrrole nitrogens is 1. The highest BCUT2D eigenvalue weighted by Crippen LogP contribution is 2.02. The van der Waals surface area contributed by atoms with E-state index in [0.29, 0.717) is 0 Å². The van der Waals surface area contributed by atoms with Gasteiger partial charge in [-0.3, -0.25) is 4.79 Å². The molecule has 0 atom stereocenters. The number of fused-ring (bicyclic) bond motifs is 1. The molecule has 0 fully saturated rings. The van der Waals surface area contributed by atoms with Gasteiger partial charge in [-0.1, -0.05) is 12.1 Å². The molecule has 12 heavy (non-hydrogen) atoms. The topological polar surface area (TPSA) is 45.8 Å². The molecule has 0 radical (unpaired) electrons. The van der Waals surface area contributed by atoms with Gasteiger partial charge in [-0.15, -0.1) is 17.0 Å². The van der Waals surface area contributed by atoms with E-state index in [1.165, 1.54) is 6.20 Å². The molecular weight excluding hydrogens is 220 g/mol. The predicted octanol–water partition coefficient (Wildman–Crippen LogP) is 1.50. The summed E-state index contributed by atoms with van der Waals surface area (Å²) < 4.78 is 0. The number of aromatic amines is 1. The zero-order valence-electron chi connectivity index (χ0n) is 6.15. The zero-order valence-corrected chi connectivity index (χ0v) is 7.86. The first-order chi connectivity index (χ1) is 5.36. The Morgan fingerprint density at radius 3 is 2.83 bits per heavy atom. The molecule has 0 saturated carbocycles. The molecule has 2 rings (SSSR count). The third-order valence-corrected chi connectivity index (χ3v) is 1.48. The molecule has 62 valence electrons. The number of hydrogen-bond acceptors (Lipinski definition) is 2. The summed E-state index contributed by atoms with van der Waals surface area (Å²) in [5.41, 5.74) is 1.43. The van der Waals surface area contributed by atoms with E-state index in [1.54, 1.807) is 0 Å². The van der Waals surface area contributed by atoms with Crippen LogP contribution in [0.15, 0.2) is 35.3 Å². The van der Waals surface area contributed by atoms with Crippen LogP contribution in [-0.4, -0.2) is 9.97 Å². The Balaban J connectivity index is 0.000000720. The van der Waals surface area contributed by atoms with Gasteiger partial charge in [0.25, 0.3) is 5.56 Å². The fourth-order valence-electron chi connectivity index (χ4n) is 0.985. The zero-order chi connectivity index (χ0) is 7.68. The summed E-state index contributed by atoms with van der Waals surface area (Å²) in [6, 6.07) is 7.42. The lowest BCUT2D eigenvalue weighted by molar-refractivity contribution is 1.22. The molecule has 0 spiro atoms. The van der Waals surface area contributed by atoms with Gasteiger partial charge in [-0.2, -0.15) is 0 Å². The van der Waals surface area contributed by atoms with Gasteiger partial charge in [0.2, 0.25) is 0 Å². The highest BCUT2D eigenvalue weighted by molar-refractivity contribution is 8.93. The summed E-state index contributed by atoms with van der Waals surface area (Å²) in [5, 5.41) is 0. The first kappa shape index (κ1) is 8.93. The fraction of sp³-hybridized carbons (Fsp3) is 0. The van der Waals surface area contributed by atoms with E-state index < -0.39 is 0 Å². The maximum Gasteiger partial charge on any atom is 0.266 e. The van der Waals surface area contributed by atoms with Crippen LogP contribution in [-0.2, 0) is 0 Å². The van der Waals surface area contributed by atoms with Crippen molar-refractivity contribution in [2.75, 3.05) is 0 Å². The smallest absolute Gasteiger partial charge is 0.266 e. The molecule has 0 aliphatic rings. The van der Waals surface area contributed by atoms with Crippen LogP contribution < -0.4 is 5.56 Å². The second kappa shape index (κ2) is 3.49. The highest BCUT2D eigenvalue weighted by atomic mass is 79.9. The Kier molecular flexibility index (Phi) is 2.60. The van der Waals surface area contributed by atoms with Crippen molar-refractivity contribution in [1.29, 1.82) is 0 Å². The van der Waals surface area contributed by atoms with E-state index in [1.807, 2.05) is 24.3 Å². The van der Waals surface area contributed by atoms with Crippen molar-refractivity contribution in [2.24, 2.45) is 0 Å². The van der Waals surface area contributed by atoms with Crippen LogP contribution in [0, 0.1) is 0 Å². The third kappa shape index (κ3) is 1.53. The normalized spacial score (nSPS) is 9.33. The molecule has 0 aliphatic heterocycles. The van der Waals surface area contributed by atoms with Gasteiger partial charge < -0.3 is 4.98 Å². The Morgan fingerprint density at radius 1 is 1.25 bits per heavy atom. The van der Waals surface area contributed by atoms with Gasteiger partial charge in [-0.05, 0) is 12.1 Å². The molecule has 1 aromatic heterocycles. The third-order valence-electron chi connectivity index (χ3n) is 1.48. The van der Waals surface area contributed by atoms with Crippen LogP contribution in [0.3, 0.4) is 0 Å². The Hall–Kier alpha value is -1.16. The molecule has 2 aromatic rings. The summed E-state index contributed by atoms with van der Waals surface area (Å²) >= 11 is 0. The average molecular weight is 227 g/mol. The number of nitrogens with one attached hydrogen (secondary N) is 1. The number of nitrogens with zero attached hydrogens (tertiary/aromatic N) is 1. The van der Waals surface area contributed by atoms with Crippen LogP contribution in [0.4, 0.5) is 0 Å². The van der Waals surface area contributed by atoms with E-state index in [-0.39, 0.29) is 22.5 Å². The molecule has 0 aliphatic carbocycles. The molecule has 4 heteroatoms. The Labute approximate surface area is 79.2 Å². The summed E-state index contributed by atoms with van der Waals surface area (Å²) in [4.78, 5) is 17.4. The average Bonchev–Trinajstić information content (AvgIpc) is 2.04. The fourth-order valence-corrected chi connectivity index (χ4v) is 0.985. The second-order valence-corrected chi connectivity index (χ2v) is 2.26. The molecule has 3 nitrogen and oxygen atoms in total. The molecule has 1 aromatic carbocycles. The molecule has 1 heterocycles. The van der Waals surface area contributed by atoms with Crippen LogP contribution in [0.5, 0.6) is 0 Å². The number of rotatable bonds is 0. The lowest BCUT2D eigenvalue weighted by Crippen LogP contribution is -2.04. The van der Waals surface area contributed by atoms with Gasteiger partial charge in [0, 0.05) is 0 Å². The summed E-state index contributed by atoms with van der Waals surface area (Å²) in [6.07, 6.45) is 1.28. The van der Waals surface area contributed by atoms with Crippen LogP contribution in [0.1, 0.15) is 0 Å². The van der Waals surface area contributed by atoms with E-state index in [0.717, 1.165) is 11.0 Å². The van der Waals surface area contributed by atoms with Crippen molar-refractivity contribution in [3.05, 3.63) is 40.8 Å². The summed E-state index contributed by atoms with van der Waals surface area (Å²) in [6.45, 7) is 0. The summed E-state index contributed by atoms with van der Waals surface area (Å²) in [7, 11) is 0. The van der Waals surface area contributed by atoms with Crippen LogP contribution in [0.25, 0.3) is 11.0 Å². The van der Waals surface area contributed by atoms with E-state index in [2.05, 4.69) is 9.97 Å². The first-order valence-electron chi connectivity index (χ1n) is 3.30. The van der Waals surface area contributed by atoms with E-state index in [9.17, 15) is 4.79 Å². The van der Waals surface area contributed by atoms with Crippen LogP contribution >= 0.6 is 17.0 Å². The van der Waals surface area contributed by atoms with Gasteiger partial charge in [0.1, 0.15) is 0 Å². The lowest BCUT2D eigenvalue weighted by Gasteiger charge is -1.92. The molecule has 0 unspecified atom stereocenters. The number of benzene rings is 1. The molecule has 0 saturated heterocycles. The SMILES string of the molecule is Br.O=c1cnc2ccccc2[nH]1. The predicted molar refractivity (Wildman–Crippen MR) is 52.7 cm³/mol. The number of hydrogen-bond donors (Lipinski definition) is 1. The van der Waals surface area contributed by atoms with E-state index >= 15 is 0 Å². The second-order valence-electron chi connectivity index (χ2n) is 2.26. The molecular formula is C8H7BrN2O. The van der Waals surface area contributed by atoms with Crippen molar-refractivity contribution in [3.8, 4) is 0 Å². The Bertz CT molecular complexity index is 438. The highest BCUT2D eigenvalue weighted by Gasteiger charge is 1.90. The first-order valence-corrected chi connectivity index (χ1v) is 3.30. The van der Waals surface area contributed by atoms with Crippen LogP contribution in [0.2, 0.25) is 0 Å². The number of aromatic nitrogens is 2. The van der Waals surface area contributed by atoms with Gasteiger partial charge in [0.15, 0.2) is 0 Å². The molecule has 0 amide bonds. The quantitative estimate of drug-likeness (QED) is 0.741. The van der Waals surface area contributed by atoms with Crippen molar-refractivity contribution in [1.82, 2.24) is 9.97 Å². The number of para-hydroxylation sites is 2. The van der Waals surface area contributed by atoms with Gasteiger partial charge in [-0.25, -0.2) is 4.98 Å². The largest absolute Gasteiger partial charge is 0.319 e. The van der Waals surface area contributed by atoms with E-state index in [4.69, 9.17) is 0 Å². The summed E-state index contributed by atoms with van der Waals surface area (Å²) in [5.74, 6) is 0. The minimum atomic E-state index is -0.163.